The number of halogens is 1. The number of rotatable bonds is 6. The average Bonchev–Trinajstić information content (AvgIpc) is 2.98. The number of carbonyl (C=O) groups is 1. The van der Waals surface area contributed by atoms with Crippen LogP contribution in [0.4, 0.5) is 0 Å². The molecule has 6 nitrogen and oxygen atoms in total. The molecule has 0 aromatic carbocycles. The molecule has 102 valence electrons. The van der Waals surface area contributed by atoms with Gasteiger partial charge in [0.1, 0.15) is 6.54 Å². The summed E-state index contributed by atoms with van der Waals surface area (Å²) >= 11 is 7.35. The van der Waals surface area contributed by atoms with Gasteiger partial charge in [-0.1, -0.05) is 16.8 Å². The van der Waals surface area contributed by atoms with Crippen LogP contribution in [0, 0.1) is 0 Å². The fourth-order valence-electron chi connectivity index (χ4n) is 1.52. The second-order valence-electron chi connectivity index (χ2n) is 3.92. The van der Waals surface area contributed by atoms with Crippen LogP contribution in [0.1, 0.15) is 10.6 Å². The molecule has 0 saturated carbocycles. The molecule has 2 aromatic rings. The van der Waals surface area contributed by atoms with Crippen LogP contribution in [0.15, 0.2) is 18.3 Å². The van der Waals surface area contributed by atoms with Gasteiger partial charge in [0.05, 0.1) is 16.2 Å². The van der Waals surface area contributed by atoms with E-state index in [-0.39, 0.29) is 12.5 Å². The van der Waals surface area contributed by atoms with Crippen molar-refractivity contribution in [2.24, 2.45) is 5.73 Å². The van der Waals surface area contributed by atoms with E-state index in [4.69, 9.17) is 17.3 Å². The number of carbonyl (C=O) groups excluding carboxylic acids is 1. The van der Waals surface area contributed by atoms with Crippen LogP contribution in [0.2, 0.25) is 4.34 Å². The Bertz CT molecular complexity index is 553. The second kappa shape index (κ2) is 6.65. The van der Waals surface area contributed by atoms with Crippen molar-refractivity contribution in [2.45, 2.75) is 19.5 Å². The van der Waals surface area contributed by atoms with E-state index in [1.165, 1.54) is 16.0 Å². The Labute approximate surface area is 119 Å². The first-order valence-corrected chi connectivity index (χ1v) is 6.97. The zero-order chi connectivity index (χ0) is 13.7. The van der Waals surface area contributed by atoms with Crippen molar-refractivity contribution in [1.29, 1.82) is 0 Å². The molecule has 0 spiro atoms. The lowest BCUT2D eigenvalue weighted by Gasteiger charge is -2.03. The molecule has 0 saturated heterocycles. The SMILES string of the molecule is NCc1cn(CC(=O)NCCc2ccc(Cl)s2)nn1. The molecule has 3 N–H and O–H groups in total. The molecule has 2 heterocycles. The van der Waals surface area contributed by atoms with Crippen LogP contribution >= 0.6 is 22.9 Å². The van der Waals surface area contributed by atoms with Crippen LogP contribution in [-0.2, 0) is 24.3 Å². The maximum Gasteiger partial charge on any atom is 0.241 e. The van der Waals surface area contributed by atoms with Crippen molar-refractivity contribution in [1.82, 2.24) is 20.3 Å². The summed E-state index contributed by atoms with van der Waals surface area (Å²) in [5.41, 5.74) is 6.08. The Balaban J connectivity index is 1.72. The smallest absolute Gasteiger partial charge is 0.241 e. The van der Waals surface area contributed by atoms with Gasteiger partial charge >= 0.3 is 0 Å². The van der Waals surface area contributed by atoms with Crippen molar-refractivity contribution < 1.29 is 4.79 Å². The molecular weight excluding hydrogens is 286 g/mol. The van der Waals surface area contributed by atoms with Crippen LogP contribution in [0.3, 0.4) is 0 Å². The minimum Gasteiger partial charge on any atom is -0.354 e. The molecule has 19 heavy (non-hydrogen) atoms. The number of nitrogens with one attached hydrogen (secondary N) is 1. The fraction of sp³-hybridized carbons (Fsp3) is 0.364. The van der Waals surface area contributed by atoms with E-state index in [9.17, 15) is 4.79 Å². The quantitative estimate of drug-likeness (QED) is 0.826. The van der Waals surface area contributed by atoms with Crippen molar-refractivity contribution >= 4 is 28.8 Å². The summed E-state index contributed by atoms with van der Waals surface area (Å²) in [5, 5.41) is 10.4. The summed E-state index contributed by atoms with van der Waals surface area (Å²) in [5.74, 6) is -0.101. The van der Waals surface area contributed by atoms with E-state index < -0.39 is 0 Å². The molecule has 1 amide bonds. The molecule has 2 rings (SSSR count). The highest BCUT2D eigenvalue weighted by atomic mass is 35.5. The largest absolute Gasteiger partial charge is 0.354 e. The van der Waals surface area contributed by atoms with Crippen molar-refractivity contribution in [3.8, 4) is 0 Å². The molecule has 0 aliphatic heterocycles. The van der Waals surface area contributed by atoms with Gasteiger partial charge in [-0.2, -0.15) is 0 Å². The first kappa shape index (κ1) is 14.0. The van der Waals surface area contributed by atoms with Crippen molar-refractivity contribution in [3.05, 3.63) is 33.2 Å². The molecule has 0 unspecified atom stereocenters. The number of hydrogen-bond donors (Lipinski definition) is 2. The van der Waals surface area contributed by atoms with Gasteiger partial charge in [0.2, 0.25) is 5.91 Å². The molecule has 0 fully saturated rings. The van der Waals surface area contributed by atoms with Crippen LogP contribution < -0.4 is 11.1 Å². The van der Waals surface area contributed by atoms with Crippen molar-refractivity contribution in [2.75, 3.05) is 6.54 Å². The molecule has 2 aromatic heterocycles. The van der Waals surface area contributed by atoms with Gasteiger partial charge in [-0.15, -0.1) is 16.4 Å². The number of hydrogen-bond acceptors (Lipinski definition) is 5. The Morgan fingerprint density at radius 1 is 1.53 bits per heavy atom. The van der Waals surface area contributed by atoms with Crippen LogP contribution in [-0.4, -0.2) is 27.4 Å². The molecule has 0 bridgehead atoms. The fourth-order valence-corrected chi connectivity index (χ4v) is 2.61. The zero-order valence-corrected chi connectivity index (χ0v) is 11.7. The monoisotopic (exact) mass is 299 g/mol. The molecule has 0 aliphatic rings. The zero-order valence-electron chi connectivity index (χ0n) is 10.2. The lowest BCUT2D eigenvalue weighted by molar-refractivity contribution is -0.121. The minimum absolute atomic E-state index is 0.101. The van der Waals surface area contributed by atoms with Crippen molar-refractivity contribution in [3.63, 3.8) is 0 Å². The van der Waals surface area contributed by atoms with E-state index in [2.05, 4.69) is 15.6 Å². The maximum atomic E-state index is 11.7. The van der Waals surface area contributed by atoms with Gasteiger partial charge in [0.25, 0.3) is 0 Å². The lowest BCUT2D eigenvalue weighted by atomic mass is 10.3. The molecule has 0 atom stereocenters. The normalized spacial score (nSPS) is 10.6. The summed E-state index contributed by atoms with van der Waals surface area (Å²) in [6, 6.07) is 3.82. The number of thiophene rings is 1. The predicted octanol–water partition coefficient (Wildman–Crippen LogP) is 0.811. The Hall–Kier alpha value is -1.44. The summed E-state index contributed by atoms with van der Waals surface area (Å²) < 4.78 is 2.23. The van der Waals surface area contributed by atoms with E-state index in [1.54, 1.807) is 6.20 Å². The Morgan fingerprint density at radius 3 is 3.00 bits per heavy atom. The van der Waals surface area contributed by atoms with Gasteiger partial charge in [-0.3, -0.25) is 4.79 Å². The van der Waals surface area contributed by atoms with Gasteiger partial charge in [-0.25, -0.2) is 4.68 Å². The number of nitrogens with two attached hydrogens (primary N) is 1. The van der Waals surface area contributed by atoms with E-state index in [1.807, 2.05) is 12.1 Å². The van der Waals surface area contributed by atoms with Crippen LogP contribution in [0.5, 0.6) is 0 Å². The highest BCUT2D eigenvalue weighted by molar-refractivity contribution is 7.16. The number of amides is 1. The number of nitrogens with zero attached hydrogens (tertiary/aromatic N) is 3. The first-order valence-electron chi connectivity index (χ1n) is 5.77. The Kier molecular flexibility index (Phi) is 4.89. The highest BCUT2D eigenvalue weighted by Gasteiger charge is 2.05. The lowest BCUT2D eigenvalue weighted by Crippen LogP contribution is -2.29. The van der Waals surface area contributed by atoms with Gasteiger partial charge in [0, 0.05) is 18.0 Å². The third kappa shape index (κ3) is 4.30. The summed E-state index contributed by atoms with van der Waals surface area (Å²) in [6.45, 7) is 1.05. The van der Waals surface area contributed by atoms with Crippen LogP contribution in [0.25, 0.3) is 0 Å². The summed E-state index contributed by atoms with van der Waals surface area (Å²) in [7, 11) is 0. The minimum atomic E-state index is -0.101. The second-order valence-corrected chi connectivity index (χ2v) is 5.72. The molecular formula is C11H14ClN5OS. The highest BCUT2D eigenvalue weighted by Crippen LogP contribution is 2.21. The standard InChI is InChI=1S/C11H14ClN5OS/c12-10-2-1-9(19-10)3-4-14-11(18)7-17-6-8(5-13)15-16-17/h1-2,6H,3-5,7,13H2,(H,14,18). The topological polar surface area (TPSA) is 85.8 Å². The van der Waals surface area contributed by atoms with Gasteiger partial charge < -0.3 is 11.1 Å². The average molecular weight is 300 g/mol. The third-order valence-electron chi connectivity index (χ3n) is 2.42. The molecule has 0 aliphatic carbocycles. The molecule has 8 heteroatoms. The molecule has 0 radical (unpaired) electrons. The van der Waals surface area contributed by atoms with E-state index in [0.717, 1.165) is 15.6 Å². The summed E-state index contributed by atoms with van der Waals surface area (Å²) in [6.07, 6.45) is 2.44. The Morgan fingerprint density at radius 2 is 2.37 bits per heavy atom. The van der Waals surface area contributed by atoms with Gasteiger partial charge in [-0.05, 0) is 18.6 Å². The van der Waals surface area contributed by atoms with E-state index in [0.29, 0.717) is 18.8 Å². The predicted molar refractivity (Wildman–Crippen MR) is 74.0 cm³/mol. The maximum absolute atomic E-state index is 11.7. The first-order chi connectivity index (χ1) is 9.17. The third-order valence-corrected chi connectivity index (χ3v) is 3.71. The number of aromatic nitrogens is 3. The van der Waals surface area contributed by atoms with Gasteiger partial charge in [0.15, 0.2) is 0 Å². The van der Waals surface area contributed by atoms with E-state index >= 15 is 0 Å². The summed E-state index contributed by atoms with van der Waals surface area (Å²) in [4.78, 5) is 12.8.